The third-order valence-corrected chi connectivity index (χ3v) is 7.21. The Balaban J connectivity index is 1.41. The molecule has 1 fully saturated rings. The van der Waals surface area contributed by atoms with E-state index < -0.39 is 10.8 Å². The van der Waals surface area contributed by atoms with Crippen molar-refractivity contribution < 1.29 is 19.2 Å². The van der Waals surface area contributed by atoms with E-state index in [0.717, 1.165) is 37.6 Å². The van der Waals surface area contributed by atoms with Crippen LogP contribution in [0.1, 0.15) is 44.7 Å². The molecule has 2 aliphatic heterocycles. The van der Waals surface area contributed by atoms with Gasteiger partial charge < -0.3 is 20.3 Å². The summed E-state index contributed by atoms with van der Waals surface area (Å²) >= 11 is 5.88. The van der Waals surface area contributed by atoms with E-state index in [1.54, 1.807) is 12.1 Å². The monoisotopic (exact) mass is 534 g/mol. The van der Waals surface area contributed by atoms with Crippen LogP contribution in [0.4, 0.5) is 17.1 Å². The summed E-state index contributed by atoms with van der Waals surface area (Å²) in [5.74, 6) is -0.803. The average molecular weight is 535 g/mol. The van der Waals surface area contributed by atoms with Crippen LogP contribution in [0.5, 0.6) is 0 Å². The Morgan fingerprint density at radius 2 is 1.89 bits per heavy atom. The van der Waals surface area contributed by atoms with Gasteiger partial charge in [0.15, 0.2) is 0 Å². The third kappa shape index (κ3) is 5.64. The summed E-state index contributed by atoms with van der Waals surface area (Å²) in [7, 11) is 0. The van der Waals surface area contributed by atoms with E-state index >= 15 is 0 Å². The summed E-state index contributed by atoms with van der Waals surface area (Å²) < 4.78 is 5.65. The minimum atomic E-state index is -0.638. The predicted octanol–water partition coefficient (Wildman–Crippen LogP) is 4.97. The fraction of sp³-hybridized carbons (Fsp3) is 0.286. The van der Waals surface area contributed by atoms with Gasteiger partial charge in [-0.3, -0.25) is 19.7 Å². The van der Waals surface area contributed by atoms with Crippen LogP contribution in [0.25, 0.3) is 0 Å². The van der Waals surface area contributed by atoms with Crippen molar-refractivity contribution in [3.63, 3.8) is 0 Å². The van der Waals surface area contributed by atoms with E-state index in [-0.39, 0.29) is 28.3 Å². The summed E-state index contributed by atoms with van der Waals surface area (Å²) in [6.07, 6.45) is 2.73. The number of amides is 2. The van der Waals surface area contributed by atoms with Crippen molar-refractivity contribution in [2.45, 2.75) is 31.9 Å². The number of nitro groups is 1. The number of nitrogens with one attached hydrogen (secondary N) is 2. The molecule has 5 rings (SSSR count). The van der Waals surface area contributed by atoms with E-state index in [1.165, 1.54) is 23.3 Å². The van der Waals surface area contributed by atoms with Gasteiger partial charge in [-0.15, -0.1) is 0 Å². The highest BCUT2D eigenvalue weighted by Crippen LogP contribution is 2.30. The number of carbonyl (C=O) groups excluding carboxylic acids is 2. The lowest BCUT2D eigenvalue weighted by molar-refractivity contribution is -0.384. The predicted molar refractivity (Wildman–Crippen MR) is 145 cm³/mol. The molecule has 3 aromatic carbocycles. The van der Waals surface area contributed by atoms with Crippen LogP contribution >= 0.6 is 11.6 Å². The molecule has 2 N–H and O–H groups in total. The van der Waals surface area contributed by atoms with Crippen molar-refractivity contribution >= 4 is 40.5 Å². The first-order valence-electron chi connectivity index (χ1n) is 12.5. The van der Waals surface area contributed by atoms with Crippen LogP contribution in [0, 0.1) is 10.1 Å². The Morgan fingerprint density at radius 1 is 1.08 bits per heavy atom. The van der Waals surface area contributed by atoms with Gasteiger partial charge in [0, 0.05) is 49.2 Å². The molecule has 10 heteroatoms. The molecule has 196 valence electrons. The molecule has 0 aromatic heterocycles. The first kappa shape index (κ1) is 25.7. The topological polar surface area (TPSA) is 114 Å². The largest absolute Gasteiger partial charge is 0.376 e. The maximum atomic E-state index is 13.4. The fourth-order valence-electron chi connectivity index (χ4n) is 4.88. The van der Waals surface area contributed by atoms with Crippen LogP contribution in [0.15, 0.2) is 60.7 Å². The Morgan fingerprint density at radius 3 is 2.66 bits per heavy atom. The molecule has 1 unspecified atom stereocenters. The molecular weight excluding hydrogens is 508 g/mol. The number of rotatable bonds is 7. The molecule has 0 radical (unpaired) electrons. The molecule has 38 heavy (non-hydrogen) atoms. The van der Waals surface area contributed by atoms with Gasteiger partial charge in [-0.05, 0) is 60.7 Å². The molecule has 0 saturated carbocycles. The number of carbonyl (C=O) groups is 2. The zero-order valence-electron chi connectivity index (χ0n) is 20.6. The normalized spacial score (nSPS) is 16.6. The first-order valence-corrected chi connectivity index (χ1v) is 12.9. The second kappa shape index (κ2) is 11.2. The molecule has 2 heterocycles. The summed E-state index contributed by atoms with van der Waals surface area (Å²) in [5.41, 5.74) is 3.85. The lowest BCUT2D eigenvalue weighted by Crippen LogP contribution is -2.35. The van der Waals surface area contributed by atoms with Crippen molar-refractivity contribution in [3.8, 4) is 0 Å². The van der Waals surface area contributed by atoms with E-state index in [1.807, 2.05) is 18.2 Å². The Hall–Kier alpha value is -3.95. The number of anilines is 2. The lowest BCUT2D eigenvalue weighted by Gasteiger charge is -2.32. The molecule has 2 aliphatic rings. The van der Waals surface area contributed by atoms with Gasteiger partial charge in [-0.1, -0.05) is 35.9 Å². The zero-order chi connectivity index (χ0) is 26.6. The van der Waals surface area contributed by atoms with Crippen LogP contribution in [0.3, 0.4) is 0 Å². The standard InChI is InChI=1S/C28H27ClN4O5/c29-24-9-7-19(14-26(24)33(36)37)27(34)31-21-8-10-25(32-12-11-18-4-1-2-5-20(18)17-32)23(15-21)28(35)30-16-22-6-3-13-38-22/h1-2,4-5,7-10,14-15,22H,3,6,11-13,16-17H2,(H,30,35)(H,31,34). The number of benzene rings is 3. The van der Waals surface area contributed by atoms with Crippen LogP contribution in [0.2, 0.25) is 5.02 Å². The minimum absolute atomic E-state index is 0.00663. The van der Waals surface area contributed by atoms with Crippen molar-refractivity contribution in [1.29, 1.82) is 0 Å². The van der Waals surface area contributed by atoms with Gasteiger partial charge in [-0.25, -0.2) is 0 Å². The average Bonchev–Trinajstić information content (AvgIpc) is 3.45. The van der Waals surface area contributed by atoms with E-state index in [4.69, 9.17) is 16.3 Å². The van der Waals surface area contributed by atoms with Crippen molar-refractivity contribution in [2.75, 3.05) is 29.9 Å². The Kier molecular flexibility index (Phi) is 7.57. The Bertz CT molecular complexity index is 1390. The van der Waals surface area contributed by atoms with Gasteiger partial charge >= 0.3 is 0 Å². The second-order valence-corrected chi connectivity index (χ2v) is 9.80. The maximum absolute atomic E-state index is 13.4. The van der Waals surface area contributed by atoms with Gasteiger partial charge in [-0.2, -0.15) is 0 Å². The molecule has 0 spiro atoms. The zero-order valence-corrected chi connectivity index (χ0v) is 21.4. The summed E-state index contributed by atoms with van der Waals surface area (Å²) in [6.45, 7) is 2.53. The molecule has 1 saturated heterocycles. The van der Waals surface area contributed by atoms with Gasteiger partial charge in [0.1, 0.15) is 5.02 Å². The van der Waals surface area contributed by atoms with Crippen LogP contribution < -0.4 is 15.5 Å². The highest BCUT2D eigenvalue weighted by atomic mass is 35.5. The maximum Gasteiger partial charge on any atom is 0.288 e. The van der Waals surface area contributed by atoms with Crippen molar-refractivity contribution in [1.82, 2.24) is 5.32 Å². The molecular formula is C28H27ClN4O5. The van der Waals surface area contributed by atoms with Crippen molar-refractivity contribution in [2.24, 2.45) is 0 Å². The number of hydrogen-bond donors (Lipinski definition) is 2. The number of ether oxygens (including phenoxy) is 1. The number of fused-ring (bicyclic) bond motifs is 1. The summed E-state index contributed by atoms with van der Waals surface area (Å²) in [4.78, 5) is 39.0. The molecule has 1 atom stereocenters. The van der Waals surface area contributed by atoms with Gasteiger partial charge in [0.25, 0.3) is 17.5 Å². The molecule has 3 aromatic rings. The number of halogens is 1. The Labute approximate surface area is 224 Å². The molecule has 2 amide bonds. The fourth-order valence-corrected chi connectivity index (χ4v) is 5.06. The summed E-state index contributed by atoms with van der Waals surface area (Å²) in [6, 6.07) is 17.3. The minimum Gasteiger partial charge on any atom is -0.376 e. The van der Waals surface area contributed by atoms with E-state index in [0.29, 0.717) is 30.9 Å². The number of nitro benzene ring substituents is 1. The second-order valence-electron chi connectivity index (χ2n) is 9.39. The molecule has 0 aliphatic carbocycles. The first-order chi connectivity index (χ1) is 18.4. The highest BCUT2D eigenvalue weighted by molar-refractivity contribution is 6.32. The molecule has 9 nitrogen and oxygen atoms in total. The van der Waals surface area contributed by atoms with E-state index in [2.05, 4.69) is 27.7 Å². The summed E-state index contributed by atoms with van der Waals surface area (Å²) in [5, 5.41) is 16.9. The third-order valence-electron chi connectivity index (χ3n) is 6.89. The SMILES string of the molecule is O=C(Nc1ccc(N2CCc3ccccc3C2)c(C(=O)NCC2CCCO2)c1)c1ccc(Cl)c([N+](=O)[O-])c1. The van der Waals surface area contributed by atoms with Gasteiger partial charge in [0.2, 0.25) is 0 Å². The smallest absolute Gasteiger partial charge is 0.288 e. The number of nitrogens with zero attached hydrogens (tertiary/aromatic N) is 2. The van der Waals surface area contributed by atoms with E-state index in [9.17, 15) is 19.7 Å². The van der Waals surface area contributed by atoms with Crippen LogP contribution in [-0.4, -0.2) is 42.5 Å². The van der Waals surface area contributed by atoms with Crippen molar-refractivity contribution in [3.05, 3.63) is 98.1 Å². The number of hydrogen-bond acceptors (Lipinski definition) is 6. The quantitative estimate of drug-likeness (QED) is 0.327. The highest BCUT2D eigenvalue weighted by Gasteiger charge is 2.24. The van der Waals surface area contributed by atoms with Crippen LogP contribution in [-0.2, 0) is 17.7 Å². The lowest BCUT2D eigenvalue weighted by atomic mass is 9.98. The molecule has 0 bridgehead atoms. The van der Waals surface area contributed by atoms with Gasteiger partial charge in [0.05, 0.1) is 16.6 Å².